The van der Waals surface area contributed by atoms with E-state index in [2.05, 4.69) is 71.3 Å². The molecule has 2 aromatic heterocycles. The second-order valence-electron chi connectivity index (χ2n) is 9.48. The summed E-state index contributed by atoms with van der Waals surface area (Å²) in [6.07, 6.45) is 13.4. The maximum Gasteiger partial charge on any atom is 0.162 e. The molecule has 1 unspecified atom stereocenters. The summed E-state index contributed by atoms with van der Waals surface area (Å²) in [5.74, 6) is 0.0405. The Kier molecular flexibility index (Phi) is 5.04. The van der Waals surface area contributed by atoms with Gasteiger partial charge < -0.3 is 5.73 Å². The summed E-state index contributed by atoms with van der Waals surface area (Å²) in [7, 11) is 0. The van der Waals surface area contributed by atoms with Crippen LogP contribution in [0.2, 0.25) is 0 Å². The van der Waals surface area contributed by atoms with E-state index in [9.17, 15) is 4.79 Å². The van der Waals surface area contributed by atoms with Gasteiger partial charge in [0.25, 0.3) is 0 Å². The molecule has 0 spiro atoms. The summed E-state index contributed by atoms with van der Waals surface area (Å²) >= 11 is 0. The molecule has 2 N–H and O–H groups in total. The topological polar surface area (TPSA) is 60.4 Å². The van der Waals surface area contributed by atoms with Crippen molar-refractivity contribution in [3.05, 3.63) is 108 Å². The van der Waals surface area contributed by atoms with Gasteiger partial charge in [0.05, 0.1) is 11.4 Å². The first-order chi connectivity index (χ1) is 16.6. The highest BCUT2D eigenvalue weighted by Gasteiger charge is 2.34. The van der Waals surface area contributed by atoms with E-state index in [1.165, 1.54) is 12.0 Å². The van der Waals surface area contributed by atoms with Gasteiger partial charge in [0.1, 0.15) is 5.65 Å². The first-order valence-electron chi connectivity index (χ1n) is 12.0. The molecule has 0 bridgehead atoms. The van der Waals surface area contributed by atoms with Crippen LogP contribution in [0, 0.1) is 5.92 Å². The van der Waals surface area contributed by atoms with Crippen molar-refractivity contribution in [3.8, 4) is 22.5 Å². The van der Waals surface area contributed by atoms with Gasteiger partial charge in [-0.1, -0.05) is 72.8 Å². The summed E-state index contributed by atoms with van der Waals surface area (Å²) in [5, 5.41) is 0. The maximum atomic E-state index is 12.2. The predicted octanol–water partition coefficient (Wildman–Crippen LogP) is 5.86. The van der Waals surface area contributed by atoms with Crippen LogP contribution in [0.15, 0.2) is 97.2 Å². The molecule has 4 aromatic rings. The zero-order valence-corrected chi connectivity index (χ0v) is 19.0. The normalized spacial score (nSPS) is 18.9. The minimum absolute atomic E-state index is 0.113. The highest BCUT2D eigenvalue weighted by atomic mass is 16.1. The standard InChI is InChI=1S/C30H27N3O/c31-30(16-6-17-30)25-13-11-22(12-14-25)28-29(23-7-2-1-3-8-23)33-18-15-21(20-27(33)32-28)19-24-9-4-5-10-26(24)34/h1-5,7-15,18,20,24H,6,16-17,19,31H2. The maximum absolute atomic E-state index is 12.2. The average molecular weight is 446 g/mol. The molecule has 1 atom stereocenters. The SMILES string of the molecule is NC1(c2ccc(-c3nc4cc(CC5C=CC=CC5=O)ccn4c3-c3ccccc3)cc2)CCC1. The third kappa shape index (κ3) is 3.61. The average Bonchev–Trinajstić information content (AvgIpc) is 3.23. The van der Waals surface area contributed by atoms with Crippen molar-refractivity contribution in [3.63, 3.8) is 0 Å². The number of ketones is 1. The number of carbonyl (C=O) groups excluding carboxylic acids is 1. The fraction of sp³-hybridized carbons (Fsp3) is 0.200. The van der Waals surface area contributed by atoms with Gasteiger partial charge in [-0.2, -0.15) is 0 Å². The van der Waals surface area contributed by atoms with E-state index >= 15 is 0 Å². The van der Waals surface area contributed by atoms with E-state index in [0.717, 1.165) is 46.6 Å². The Hall–Kier alpha value is -3.76. The molecule has 0 saturated heterocycles. The number of hydrogen-bond donors (Lipinski definition) is 1. The van der Waals surface area contributed by atoms with Crippen LogP contribution >= 0.6 is 0 Å². The third-order valence-electron chi connectivity index (χ3n) is 7.25. The molecule has 34 heavy (non-hydrogen) atoms. The summed E-state index contributed by atoms with van der Waals surface area (Å²) in [5.41, 5.74) is 13.8. The largest absolute Gasteiger partial charge is 0.321 e. The molecule has 6 rings (SSSR count). The number of benzene rings is 2. The number of fused-ring (bicyclic) bond motifs is 1. The molecule has 168 valence electrons. The molecule has 0 amide bonds. The quantitative estimate of drug-likeness (QED) is 0.419. The second-order valence-corrected chi connectivity index (χ2v) is 9.48. The van der Waals surface area contributed by atoms with Gasteiger partial charge in [0, 0.05) is 28.8 Å². The molecular weight excluding hydrogens is 418 g/mol. The summed E-state index contributed by atoms with van der Waals surface area (Å²) in [6, 6.07) is 23.2. The van der Waals surface area contributed by atoms with E-state index in [1.54, 1.807) is 12.2 Å². The highest BCUT2D eigenvalue weighted by molar-refractivity contribution is 5.94. The molecule has 0 aliphatic heterocycles. The fourth-order valence-corrected chi connectivity index (χ4v) is 5.08. The van der Waals surface area contributed by atoms with E-state index < -0.39 is 0 Å². The lowest BCUT2D eigenvalue weighted by molar-refractivity contribution is -0.117. The first-order valence-corrected chi connectivity index (χ1v) is 12.0. The zero-order chi connectivity index (χ0) is 23.1. The molecular formula is C30H27N3O. The Balaban J connectivity index is 1.43. The first kappa shape index (κ1) is 20.8. The lowest BCUT2D eigenvalue weighted by atomic mass is 9.72. The Morgan fingerprint density at radius 2 is 1.76 bits per heavy atom. The van der Waals surface area contributed by atoms with E-state index in [4.69, 9.17) is 10.7 Å². The highest BCUT2D eigenvalue weighted by Crippen LogP contribution is 2.40. The third-order valence-corrected chi connectivity index (χ3v) is 7.25. The number of hydrogen-bond acceptors (Lipinski definition) is 3. The van der Waals surface area contributed by atoms with Crippen molar-refractivity contribution in [1.82, 2.24) is 9.38 Å². The van der Waals surface area contributed by atoms with E-state index in [1.807, 2.05) is 18.2 Å². The molecule has 2 aliphatic carbocycles. The molecule has 1 fully saturated rings. The Morgan fingerprint density at radius 3 is 2.47 bits per heavy atom. The molecule has 0 radical (unpaired) electrons. The number of aromatic nitrogens is 2. The summed E-state index contributed by atoms with van der Waals surface area (Å²) in [4.78, 5) is 17.3. The van der Waals surface area contributed by atoms with Crippen molar-refractivity contribution >= 4 is 11.4 Å². The van der Waals surface area contributed by atoms with Crippen LogP contribution in [0.5, 0.6) is 0 Å². The molecule has 2 heterocycles. The molecule has 4 heteroatoms. The van der Waals surface area contributed by atoms with Crippen molar-refractivity contribution < 1.29 is 4.79 Å². The van der Waals surface area contributed by atoms with Crippen molar-refractivity contribution in [2.45, 2.75) is 31.2 Å². The molecule has 2 aromatic carbocycles. The van der Waals surface area contributed by atoms with Crippen LogP contribution in [0.3, 0.4) is 0 Å². The minimum atomic E-state index is -0.172. The van der Waals surface area contributed by atoms with Gasteiger partial charge >= 0.3 is 0 Å². The van der Waals surface area contributed by atoms with Gasteiger partial charge in [-0.15, -0.1) is 0 Å². The van der Waals surface area contributed by atoms with Gasteiger partial charge in [-0.25, -0.2) is 4.98 Å². The zero-order valence-electron chi connectivity index (χ0n) is 19.0. The number of carbonyl (C=O) groups is 1. The Morgan fingerprint density at radius 1 is 0.971 bits per heavy atom. The van der Waals surface area contributed by atoms with Gasteiger partial charge in [-0.3, -0.25) is 9.20 Å². The fourth-order valence-electron chi connectivity index (χ4n) is 5.08. The molecule has 4 nitrogen and oxygen atoms in total. The summed E-state index contributed by atoms with van der Waals surface area (Å²) < 4.78 is 2.15. The minimum Gasteiger partial charge on any atom is -0.321 e. The number of pyridine rings is 1. The number of allylic oxidation sites excluding steroid dienone is 4. The number of nitrogens with two attached hydrogens (primary N) is 1. The van der Waals surface area contributed by atoms with Crippen LogP contribution in [-0.4, -0.2) is 15.2 Å². The van der Waals surface area contributed by atoms with Crippen molar-refractivity contribution in [2.75, 3.05) is 0 Å². The predicted molar refractivity (Wildman–Crippen MR) is 136 cm³/mol. The van der Waals surface area contributed by atoms with Crippen LogP contribution in [0.4, 0.5) is 0 Å². The number of imidazole rings is 1. The van der Waals surface area contributed by atoms with Crippen molar-refractivity contribution in [2.24, 2.45) is 11.7 Å². The second kappa shape index (κ2) is 8.23. The Bertz CT molecular complexity index is 1420. The van der Waals surface area contributed by atoms with Crippen LogP contribution in [-0.2, 0) is 16.8 Å². The van der Waals surface area contributed by atoms with Gasteiger partial charge in [0.2, 0.25) is 0 Å². The van der Waals surface area contributed by atoms with Crippen LogP contribution < -0.4 is 5.73 Å². The lowest BCUT2D eigenvalue weighted by Crippen LogP contribution is -2.43. The number of rotatable bonds is 5. The molecule has 2 aliphatic rings. The van der Waals surface area contributed by atoms with Gasteiger partial charge in [-0.05, 0) is 55.0 Å². The Labute approximate surface area is 199 Å². The summed E-state index contributed by atoms with van der Waals surface area (Å²) in [6.45, 7) is 0. The monoisotopic (exact) mass is 445 g/mol. The lowest BCUT2D eigenvalue weighted by Gasteiger charge is -2.38. The number of nitrogens with zero attached hydrogens (tertiary/aromatic N) is 2. The van der Waals surface area contributed by atoms with Crippen LogP contribution in [0.25, 0.3) is 28.2 Å². The van der Waals surface area contributed by atoms with Crippen LogP contribution in [0.1, 0.15) is 30.4 Å². The van der Waals surface area contributed by atoms with E-state index in [0.29, 0.717) is 6.42 Å². The van der Waals surface area contributed by atoms with E-state index in [-0.39, 0.29) is 17.2 Å². The molecule has 1 saturated carbocycles. The van der Waals surface area contributed by atoms with Crippen molar-refractivity contribution in [1.29, 1.82) is 0 Å². The smallest absolute Gasteiger partial charge is 0.162 e. The van der Waals surface area contributed by atoms with Gasteiger partial charge in [0.15, 0.2) is 5.78 Å².